The van der Waals surface area contributed by atoms with E-state index in [-0.39, 0.29) is 18.0 Å². The minimum Gasteiger partial charge on any atom is -0.444 e. The SMILES string of the molecule is CC[C@@]1(C)C(=O)N(C2CCN(C(=O)OC(C)(C)C)CC2)c2ccccc21. The Labute approximate surface area is 156 Å². The molecule has 0 spiro atoms. The number of ether oxygens (including phenoxy) is 1. The van der Waals surface area contributed by atoms with Crippen molar-refractivity contribution in [1.82, 2.24) is 4.90 Å². The molecule has 2 amide bonds. The monoisotopic (exact) mass is 358 g/mol. The topological polar surface area (TPSA) is 49.9 Å². The Balaban J connectivity index is 1.74. The van der Waals surface area contributed by atoms with Crippen LogP contribution < -0.4 is 4.90 Å². The number of nitrogens with zero attached hydrogens (tertiary/aromatic N) is 2. The van der Waals surface area contributed by atoms with Gasteiger partial charge in [0.25, 0.3) is 0 Å². The van der Waals surface area contributed by atoms with E-state index in [1.807, 2.05) is 50.8 Å². The van der Waals surface area contributed by atoms with E-state index in [0.717, 1.165) is 30.5 Å². The molecule has 0 radical (unpaired) electrons. The standard InChI is InChI=1S/C21H30N2O3/c1-6-21(5)16-9-7-8-10-17(16)23(18(21)24)15-11-13-22(14-12-15)19(25)26-20(2,3)4/h7-10,15H,6,11-14H2,1-5H3/t21-/m1/s1. The van der Waals surface area contributed by atoms with Gasteiger partial charge in [-0.1, -0.05) is 25.1 Å². The fourth-order valence-corrected chi connectivity index (χ4v) is 3.98. The zero-order valence-electron chi connectivity index (χ0n) is 16.5. The quantitative estimate of drug-likeness (QED) is 0.800. The molecule has 5 nitrogen and oxygen atoms in total. The van der Waals surface area contributed by atoms with Gasteiger partial charge in [0.2, 0.25) is 5.91 Å². The van der Waals surface area contributed by atoms with Gasteiger partial charge in [0.1, 0.15) is 5.60 Å². The molecule has 0 saturated carbocycles. The third kappa shape index (κ3) is 3.19. The lowest BCUT2D eigenvalue weighted by atomic mass is 9.81. The first-order valence-electron chi connectivity index (χ1n) is 9.58. The molecule has 2 heterocycles. The lowest BCUT2D eigenvalue weighted by Crippen LogP contribution is -2.50. The summed E-state index contributed by atoms with van der Waals surface area (Å²) in [5.74, 6) is 0.192. The van der Waals surface area contributed by atoms with Crippen molar-refractivity contribution >= 4 is 17.7 Å². The fraction of sp³-hybridized carbons (Fsp3) is 0.619. The highest BCUT2D eigenvalue weighted by Crippen LogP contribution is 2.45. The molecule has 1 fully saturated rings. The van der Waals surface area contributed by atoms with Gasteiger partial charge in [-0.15, -0.1) is 0 Å². The van der Waals surface area contributed by atoms with Crippen molar-refractivity contribution in [3.05, 3.63) is 29.8 Å². The summed E-state index contributed by atoms with van der Waals surface area (Å²) in [6.45, 7) is 11.0. The normalized spacial score (nSPS) is 24.0. The summed E-state index contributed by atoms with van der Waals surface area (Å²) in [6, 6.07) is 8.27. The van der Waals surface area contributed by atoms with Gasteiger partial charge in [0.05, 0.1) is 5.41 Å². The largest absolute Gasteiger partial charge is 0.444 e. The highest BCUT2D eigenvalue weighted by molar-refractivity contribution is 6.08. The third-order valence-corrected chi connectivity index (χ3v) is 5.64. The molecule has 1 aromatic carbocycles. The number of piperidine rings is 1. The maximum Gasteiger partial charge on any atom is 0.410 e. The zero-order valence-corrected chi connectivity index (χ0v) is 16.5. The molecule has 2 aliphatic heterocycles. The van der Waals surface area contributed by atoms with Crippen LogP contribution in [0.2, 0.25) is 0 Å². The number of anilines is 1. The van der Waals surface area contributed by atoms with Crippen molar-refractivity contribution in [2.75, 3.05) is 18.0 Å². The maximum absolute atomic E-state index is 13.2. The second-order valence-electron chi connectivity index (χ2n) is 8.58. The number of fused-ring (bicyclic) bond motifs is 1. The van der Waals surface area contributed by atoms with Crippen LogP contribution in [-0.4, -0.2) is 41.6 Å². The van der Waals surface area contributed by atoms with Crippen molar-refractivity contribution in [3.8, 4) is 0 Å². The number of carbonyl (C=O) groups excluding carboxylic acids is 2. The summed E-state index contributed by atoms with van der Waals surface area (Å²) in [6.07, 6.45) is 2.08. The molecule has 5 heteroatoms. The molecule has 0 N–H and O–H groups in total. The van der Waals surface area contributed by atoms with E-state index < -0.39 is 11.0 Å². The molecule has 0 aliphatic carbocycles. The van der Waals surface area contributed by atoms with Crippen LogP contribution in [0.4, 0.5) is 10.5 Å². The smallest absolute Gasteiger partial charge is 0.410 e. The van der Waals surface area contributed by atoms with Crippen LogP contribution in [0.3, 0.4) is 0 Å². The first kappa shape index (κ1) is 18.7. The van der Waals surface area contributed by atoms with Crippen LogP contribution in [-0.2, 0) is 14.9 Å². The van der Waals surface area contributed by atoms with E-state index in [4.69, 9.17) is 4.74 Å². The molecule has 2 aliphatic rings. The van der Waals surface area contributed by atoms with Crippen molar-refractivity contribution in [1.29, 1.82) is 0 Å². The van der Waals surface area contributed by atoms with E-state index in [0.29, 0.717) is 13.1 Å². The summed E-state index contributed by atoms with van der Waals surface area (Å²) >= 11 is 0. The van der Waals surface area contributed by atoms with E-state index in [1.54, 1.807) is 4.90 Å². The Kier molecular flexibility index (Phi) is 4.76. The van der Waals surface area contributed by atoms with E-state index in [2.05, 4.69) is 13.0 Å². The van der Waals surface area contributed by atoms with Gasteiger partial charge >= 0.3 is 6.09 Å². The number of benzene rings is 1. The molecule has 142 valence electrons. The summed E-state index contributed by atoms with van der Waals surface area (Å²) in [7, 11) is 0. The average Bonchev–Trinajstić information content (AvgIpc) is 2.82. The predicted molar refractivity (Wildman–Crippen MR) is 102 cm³/mol. The van der Waals surface area contributed by atoms with E-state index in [9.17, 15) is 9.59 Å². The second kappa shape index (κ2) is 6.60. The van der Waals surface area contributed by atoms with E-state index in [1.165, 1.54) is 0 Å². The first-order valence-corrected chi connectivity index (χ1v) is 9.58. The van der Waals surface area contributed by atoms with Gasteiger partial charge in [0.15, 0.2) is 0 Å². The molecule has 0 bridgehead atoms. The lowest BCUT2D eigenvalue weighted by molar-refractivity contribution is -0.123. The minimum absolute atomic E-state index is 0.135. The van der Waals surface area contributed by atoms with Gasteiger partial charge in [-0.05, 0) is 58.6 Å². The lowest BCUT2D eigenvalue weighted by Gasteiger charge is -2.38. The molecule has 3 rings (SSSR count). The molecule has 0 aromatic heterocycles. The Bertz CT molecular complexity index is 701. The van der Waals surface area contributed by atoms with E-state index >= 15 is 0 Å². The minimum atomic E-state index is -0.485. The number of amides is 2. The number of carbonyl (C=O) groups is 2. The van der Waals surface area contributed by atoms with Gasteiger partial charge in [0, 0.05) is 24.8 Å². The van der Waals surface area contributed by atoms with Crippen LogP contribution in [0.25, 0.3) is 0 Å². The summed E-state index contributed by atoms with van der Waals surface area (Å²) in [5.41, 5.74) is 1.24. The molecular weight excluding hydrogens is 328 g/mol. The van der Waals surface area contributed by atoms with Crippen molar-refractivity contribution < 1.29 is 14.3 Å². The van der Waals surface area contributed by atoms with Crippen LogP contribution in [0.1, 0.15) is 59.4 Å². The number of rotatable bonds is 2. The molecule has 26 heavy (non-hydrogen) atoms. The van der Waals surface area contributed by atoms with Gasteiger partial charge < -0.3 is 14.5 Å². The predicted octanol–water partition coefficient (Wildman–Crippen LogP) is 4.10. The Morgan fingerprint density at radius 2 is 1.85 bits per heavy atom. The van der Waals surface area contributed by atoms with Crippen molar-refractivity contribution in [3.63, 3.8) is 0 Å². The van der Waals surface area contributed by atoms with Crippen LogP contribution in [0, 0.1) is 0 Å². The summed E-state index contributed by atoms with van der Waals surface area (Å²) in [4.78, 5) is 29.3. The van der Waals surface area contributed by atoms with Crippen LogP contribution in [0.5, 0.6) is 0 Å². The van der Waals surface area contributed by atoms with Gasteiger partial charge in [-0.25, -0.2) is 4.79 Å². The van der Waals surface area contributed by atoms with Crippen LogP contribution >= 0.6 is 0 Å². The highest BCUT2D eigenvalue weighted by atomic mass is 16.6. The van der Waals surface area contributed by atoms with Crippen molar-refractivity contribution in [2.24, 2.45) is 0 Å². The van der Waals surface area contributed by atoms with Gasteiger partial charge in [-0.3, -0.25) is 4.79 Å². The fourth-order valence-electron chi connectivity index (χ4n) is 3.98. The molecule has 0 unspecified atom stereocenters. The summed E-state index contributed by atoms with van der Waals surface area (Å²) < 4.78 is 5.47. The Hall–Kier alpha value is -2.04. The molecule has 1 atom stereocenters. The molecule has 1 aromatic rings. The summed E-state index contributed by atoms with van der Waals surface area (Å²) in [5, 5.41) is 0. The molecular formula is C21H30N2O3. The average molecular weight is 358 g/mol. The highest BCUT2D eigenvalue weighted by Gasteiger charge is 2.48. The first-order chi connectivity index (χ1) is 12.2. The molecule has 1 saturated heterocycles. The number of hydrogen-bond donors (Lipinski definition) is 0. The van der Waals surface area contributed by atoms with Crippen molar-refractivity contribution in [2.45, 2.75) is 70.9 Å². The number of likely N-dealkylation sites (tertiary alicyclic amines) is 1. The zero-order chi connectivity index (χ0) is 19.1. The number of hydrogen-bond acceptors (Lipinski definition) is 3. The Morgan fingerprint density at radius 3 is 2.42 bits per heavy atom. The van der Waals surface area contributed by atoms with Crippen LogP contribution in [0.15, 0.2) is 24.3 Å². The number of para-hydroxylation sites is 1. The maximum atomic E-state index is 13.2. The Morgan fingerprint density at radius 1 is 1.23 bits per heavy atom. The third-order valence-electron chi connectivity index (χ3n) is 5.64. The van der Waals surface area contributed by atoms with Gasteiger partial charge in [-0.2, -0.15) is 0 Å². The second-order valence-corrected chi connectivity index (χ2v) is 8.58.